The molecule has 1 N–H and O–H groups in total. The van der Waals surface area contributed by atoms with E-state index in [1.165, 1.54) is 12.3 Å². The standard InChI is InChI=1S/C15H16N2O5S/c1-21-12-4-2-3-10(7-12)13-8-14(13)15(18)17-23(19,20)9-11-5-6-22-16-11/h2-7,13-14H,8-9H2,1H3,(H,17,18)/t13-,14+/m1/s1. The minimum Gasteiger partial charge on any atom is -0.497 e. The van der Waals surface area contributed by atoms with Crippen molar-refractivity contribution in [2.45, 2.75) is 18.1 Å². The van der Waals surface area contributed by atoms with Crippen molar-refractivity contribution in [3.8, 4) is 5.75 Å². The highest BCUT2D eigenvalue weighted by Crippen LogP contribution is 2.48. The Morgan fingerprint density at radius 3 is 2.96 bits per heavy atom. The number of hydrogen-bond donors (Lipinski definition) is 1. The molecule has 2 aromatic rings. The predicted molar refractivity (Wildman–Crippen MR) is 81.1 cm³/mol. The van der Waals surface area contributed by atoms with E-state index in [-0.39, 0.29) is 23.3 Å². The maximum absolute atomic E-state index is 12.1. The molecule has 0 radical (unpaired) electrons. The molecule has 1 aliphatic rings. The number of nitrogens with one attached hydrogen (secondary N) is 1. The van der Waals surface area contributed by atoms with Crippen molar-refractivity contribution in [2.24, 2.45) is 5.92 Å². The fraction of sp³-hybridized carbons (Fsp3) is 0.333. The number of amides is 1. The monoisotopic (exact) mass is 336 g/mol. The van der Waals surface area contributed by atoms with E-state index in [1.807, 2.05) is 24.3 Å². The van der Waals surface area contributed by atoms with E-state index in [0.717, 1.165) is 5.56 Å². The Labute approximate surface area is 133 Å². The number of hydrogen-bond acceptors (Lipinski definition) is 6. The highest BCUT2D eigenvalue weighted by Gasteiger charge is 2.45. The first-order chi connectivity index (χ1) is 11.0. The molecule has 3 rings (SSSR count). The number of carbonyl (C=O) groups is 1. The largest absolute Gasteiger partial charge is 0.497 e. The summed E-state index contributed by atoms with van der Waals surface area (Å²) in [4.78, 5) is 12.1. The van der Waals surface area contributed by atoms with Crippen LogP contribution in [-0.4, -0.2) is 26.6 Å². The summed E-state index contributed by atoms with van der Waals surface area (Å²) < 4.78 is 35.7. The lowest BCUT2D eigenvalue weighted by molar-refractivity contribution is -0.120. The minimum atomic E-state index is -3.77. The van der Waals surface area contributed by atoms with Crippen molar-refractivity contribution in [1.29, 1.82) is 0 Å². The molecule has 1 aromatic carbocycles. The van der Waals surface area contributed by atoms with Crippen LogP contribution in [0.25, 0.3) is 0 Å². The van der Waals surface area contributed by atoms with Crippen LogP contribution in [0.15, 0.2) is 41.1 Å². The molecule has 0 bridgehead atoms. The van der Waals surface area contributed by atoms with Gasteiger partial charge in [-0.1, -0.05) is 17.3 Å². The summed E-state index contributed by atoms with van der Waals surface area (Å²) in [6.07, 6.45) is 1.91. The first kappa shape index (κ1) is 15.5. The first-order valence-electron chi connectivity index (χ1n) is 7.06. The van der Waals surface area contributed by atoms with Crippen LogP contribution in [0.2, 0.25) is 0 Å². The van der Waals surface area contributed by atoms with Crippen LogP contribution in [0.3, 0.4) is 0 Å². The van der Waals surface area contributed by atoms with Gasteiger partial charge in [-0.3, -0.25) is 9.52 Å². The van der Waals surface area contributed by atoms with Crippen molar-refractivity contribution in [3.05, 3.63) is 47.9 Å². The molecule has 122 valence electrons. The smallest absolute Gasteiger partial charge is 0.240 e. The third-order valence-corrected chi connectivity index (χ3v) is 4.92. The Kier molecular flexibility index (Phi) is 4.08. The number of sulfonamides is 1. The number of carbonyl (C=O) groups excluding carboxylic acids is 1. The quantitative estimate of drug-likeness (QED) is 0.857. The fourth-order valence-electron chi connectivity index (χ4n) is 2.50. The van der Waals surface area contributed by atoms with Gasteiger partial charge in [-0.15, -0.1) is 0 Å². The van der Waals surface area contributed by atoms with Crippen molar-refractivity contribution >= 4 is 15.9 Å². The van der Waals surface area contributed by atoms with Crippen molar-refractivity contribution in [3.63, 3.8) is 0 Å². The average Bonchev–Trinajstić information content (AvgIpc) is 3.18. The van der Waals surface area contributed by atoms with E-state index in [4.69, 9.17) is 4.74 Å². The third kappa shape index (κ3) is 3.70. The van der Waals surface area contributed by atoms with Gasteiger partial charge in [0.2, 0.25) is 15.9 Å². The molecule has 1 aromatic heterocycles. The van der Waals surface area contributed by atoms with Crippen LogP contribution in [0.1, 0.15) is 23.6 Å². The molecule has 2 atom stereocenters. The van der Waals surface area contributed by atoms with E-state index in [2.05, 4.69) is 14.4 Å². The number of aromatic nitrogens is 1. The van der Waals surface area contributed by atoms with Crippen LogP contribution >= 0.6 is 0 Å². The molecule has 23 heavy (non-hydrogen) atoms. The highest BCUT2D eigenvalue weighted by atomic mass is 32.2. The molecule has 8 heteroatoms. The Hall–Kier alpha value is -2.35. The third-order valence-electron chi connectivity index (χ3n) is 3.73. The molecule has 1 amide bonds. The zero-order chi connectivity index (χ0) is 16.4. The lowest BCUT2D eigenvalue weighted by Gasteiger charge is -2.06. The highest BCUT2D eigenvalue weighted by molar-refractivity contribution is 7.89. The zero-order valence-electron chi connectivity index (χ0n) is 12.4. The van der Waals surface area contributed by atoms with Gasteiger partial charge in [0.25, 0.3) is 0 Å². The van der Waals surface area contributed by atoms with Gasteiger partial charge in [0, 0.05) is 12.0 Å². The van der Waals surface area contributed by atoms with Gasteiger partial charge in [0.15, 0.2) is 0 Å². The molecule has 0 saturated heterocycles. The summed E-state index contributed by atoms with van der Waals surface area (Å²) in [5.74, 6) is -0.471. The molecular formula is C15H16N2O5S. The number of benzene rings is 1. The second-order valence-corrected chi connectivity index (χ2v) is 7.16. The van der Waals surface area contributed by atoms with Crippen LogP contribution < -0.4 is 9.46 Å². The van der Waals surface area contributed by atoms with Crippen molar-refractivity contribution in [2.75, 3.05) is 7.11 Å². The molecule has 1 saturated carbocycles. The predicted octanol–water partition coefficient (Wildman–Crippen LogP) is 1.43. The van der Waals surface area contributed by atoms with Crippen molar-refractivity contribution < 1.29 is 22.5 Å². The van der Waals surface area contributed by atoms with Gasteiger partial charge >= 0.3 is 0 Å². The number of methoxy groups -OCH3 is 1. The Balaban J connectivity index is 1.61. The maximum atomic E-state index is 12.1. The van der Waals surface area contributed by atoms with Gasteiger partial charge in [0.1, 0.15) is 23.5 Å². The van der Waals surface area contributed by atoms with Gasteiger partial charge < -0.3 is 9.26 Å². The van der Waals surface area contributed by atoms with Crippen LogP contribution in [0.4, 0.5) is 0 Å². The second kappa shape index (κ2) is 6.04. The van der Waals surface area contributed by atoms with E-state index in [1.54, 1.807) is 7.11 Å². The molecule has 0 spiro atoms. The summed E-state index contributed by atoms with van der Waals surface area (Å²) in [6.45, 7) is 0. The molecule has 1 aliphatic carbocycles. The average molecular weight is 336 g/mol. The van der Waals surface area contributed by atoms with E-state index >= 15 is 0 Å². The lowest BCUT2D eigenvalue weighted by Crippen LogP contribution is -2.33. The normalized spacial score (nSPS) is 20.0. The van der Waals surface area contributed by atoms with Crippen LogP contribution in [0.5, 0.6) is 5.75 Å². The second-order valence-electron chi connectivity index (χ2n) is 5.44. The summed E-state index contributed by atoms with van der Waals surface area (Å²) in [5.41, 5.74) is 1.23. The number of ether oxygens (including phenoxy) is 1. The number of rotatable bonds is 6. The minimum absolute atomic E-state index is 0.0207. The number of nitrogens with zero attached hydrogens (tertiary/aromatic N) is 1. The summed E-state index contributed by atoms with van der Waals surface area (Å²) in [5, 5.41) is 3.53. The summed E-state index contributed by atoms with van der Waals surface area (Å²) in [6, 6.07) is 8.89. The summed E-state index contributed by atoms with van der Waals surface area (Å²) >= 11 is 0. The van der Waals surface area contributed by atoms with Crippen LogP contribution in [-0.2, 0) is 20.6 Å². The Morgan fingerprint density at radius 1 is 1.43 bits per heavy atom. The van der Waals surface area contributed by atoms with Crippen molar-refractivity contribution in [1.82, 2.24) is 9.88 Å². The fourth-order valence-corrected chi connectivity index (χ4v) is 3.57. The molecule has 1 heterocycles. The summed E-state index contributed by atoms with van der Waals surface area (Å²) in [7, 11) is -2.20. The SMILES string of the molecule is COc1cccc([C@H]2C[C@@H]2C(=O)NS(=O)(=O)Cc2ccon2)c1. The molecule has 0 unspecified atom stereocenters. The first-order valence-corrected chi connectivity index (χ1v) is 8.71. The van der Waals surface area contributed by atoms with Gasteiger partial charge in [-0.05, 0) is 30.0 Å². The van der Waals surface area contributed by atoms with E-state index in [0.29, 0.717) is 12.2 Å². The maximum Gasteiger partial charge on any atom is 0.240 e. The van der Waals surface area contributed by atoms with Gasteiger partial charge in [0.05, 0.1) is 7.11 Å². The zero-order valence-corrected chi connectivity index (χ0v) is 13.2. The van der Waals surface area contributed by atoms with E-state index in [9.17, 15) is 13.2 Å². The van der Waals surface area contributed by atoms with Gasteiger partial charge in [-0.2, -0.15) is 0 Å². The van der Waals surface area contributed by atoms with E-state index < -0.39 is 15.9 Å². The topological polar surface area (TPSA) is 98.5 Å². The molecular weight excluding hydrogens is 320 g/mol. The Bertz CT molecular complexity index is 801. The molecule has 0 aliphatic heterocycles. The Morgan fingerprint density at radius 2 is 2.26 bits per heavy atom. The molecule has 7 nitrogen and oxygen atoms in total. The van der Waals surface area contributed by atoms with Gasteiger partial charge in [-0.25, -0.2) is 8.42 Å². The molecule has 1 fully saturated rings. The van der Waals surface area contributed by atoms with Crippen LogP contribution in [0, 0.1) is 5.92 Å². The lowest BCUT2D eigenvalue weighted by atomic mass is 10.1.